The monoisotopic (exact) mass is 267 g/mol. The summed E-state index contributed by atoms with van der Waals surface area (Å²) in [7, 11) is 0. The average Bonchev–Trinajstić information content (AvgIpc) is 2.14. The van der Waals surface area contributed by atoms with E-state index in [4.69, 9.17) is 10.5 Å². The van der Waals surface area contributed by atoms with Gasteiger partial charge < -0.3 is 10.5 Å². The van der Waals surface area contributed by atoms with Gasteiger partial charge in [-0.1, -0.05) is 12.1 Å². The number of ether oxygens (including phenoxy) is 1. The Balaban J connectivity index is 0.00000144. The Bertz CT molecular complexity index is 362. The molecule has 2 N–H and O–H groups in total. The van der Waals surface area contributed by atoms with E-state index in [1.165, 1.54) is 12.1 Å². The molecule has 1 saturated heterocycles. The molecule has 0 unspecified atom stereocenters. The normalized spacial score (nSPS) is 18.1. The van der Waals surface area contributed by atoms with Crippen LogP contribution in [0.3, 0.4) is 0 Å². The fourth-order valence-electron chi connectivity index (χ4n) is 1.63. The molecule has 1 aromatic rings. The smallest absolute Gasteiger partial charge is 0.381 e. The SMILES string of the molecule is Cl.N[C@@H](c1ccc(C(F)(F)F)cc1)C1COC1. The zero-order chi connectivity index (χ0) is 11.8. The topological polar surface area (TPSA) is 35.2 Å². The molecule has 17 heavy (non-hydrogen) atoms. The van der Waals surface area contributed by atoms with Gasteiger partial charge >= 0.3 is 6.18 Å². The van der Waals surface area contributed by atoms with Crippen LogP contribution in [-0.2, 0) is 10.9 Å². The third-order valence-corrected chi connectivity index (χ3v) is 2.79. The first-order valence-electron chi connectivity index (χ1n) is 4.99. The number of halogens is 4. The van der Waals surface area contributed by atoms with Crippen LogP contribution in [0.5, 0.6) is 0 Å². The van der Waals surface area contributed by atoms with Crippen LogP contribution < -0.4 is 5.73 Å². The number of hydrogen-bond acceptors (Lipinski definition) is 2. The lowest BCUT2D eigenvalue weighted by Gasteiger charge is -2.31. The van der Waals surface area contributed by atoms with E-state index >= 15 is 0 Å². The Hall–Kier alpha value is -0.780. The van der Waals surface area contributed by atoms with Crippen molar-refractivity contribution in [1.29, 1.82) is 0 Å². The van der Waals surface area contributed by atoms with Crippen molar-refractivity contribution in [2.45, 2.75) is 12.2 Å². The molecular weight excluding hydrogens is 255 g/mol. The van der Waals surface area contributed by atoms with E-state index in [2.05, 4.69) is 0 Å². The highest BCUT2D eigenvalue weighted by Crippen LogP contribution is 2.31. The van der Waals surface area contributed by atoms with Crippen molar-refractivity contribution >= 4 is 12.4 Å². The van der Waals surface area contributed by atoms with Crippen molar-refractivity contribution in [2.75, 3.05) is 13.2 Å². The number of nitrogens with two attached hydrogens (primary N) is 1. The minimum Gasteiger partial charge on any atom is -0.381 e. The van der Waals surface area contributed by atoms with Gasteiger partial charge in [0.05, 0.1) is 18.8 Å². The summed E-state index contributed by atoms with van der Waals surface area (Å²) in [5.41, 5.74) is 5.98. The van der Waals surface area contributed by atoms with Crippen molar-refractivity contribution in [2.24, 2.45) is 11.7 Å². The minimum absolute atomic E-state index is 0. The molecular formula is C11H13ClF3NO. The van der Waals surface area contributed by atoms with Crippen molar-refractivity contribution in [3.63, 3.8) is 0 Å². The molecule has 0 amide bonds. The molecule has 96 valence electrons. The second-order valence-corrected chi connectivity index (χ2v) is 3.94. The van der Waals surface area contributed by atoms with E-state index in [0.29, 0.717) is 13.2 Å². The van der Waals surface area contributed by atoms with Crippen LogP contribution in [0.1, 0.15) is 17.2 Å². The second-order valence-electron chi connectivity index (χ2n) is 3.94. The van der Waals surface area contributed by atoms with E-state index in [1.54, 1.807) is 0 Å². The number of alkyl halides is 3. The number of hydrogen-bond donors (Lipinski definition) is 1. The molecule has 1 aliphatic rings. The van der Waals surface area contributed by atoms with Gasteiger partial charge in [0.25, 0.3) is 0 Å². The zero-order valence-corrected chi connectivity index (χ0v) is 9.72. The largest absolute Gasteiger partial charge is 0.416 e. The predicted octanol–water partition coefficient (Wildman–Crippen LogP) is 2.77. The maximum absolute atomic E-state index is 12.3. The van der Waals surface area contributed by atoms with Crippen LogP contribution in [0, 0.1) is 5.92 Å². The van der Waals surface area contributed by atoms with Crippen LogP contribution in [-0.4, -0.2) is 13.2 Å². The highest BCUT2D eigenvalue weighted by atomic mass is 35.5. The average molecular weight is 268 g/mol. The van der Waals surface area contributed by atoms with Gasteiger partial charge in [0.2, 0.25) is 0 Å². The first-order valence-corrected chi connectivity index (χ1v) is 4.99. The zero-order valence-electron chi connectivity index (χ0n) is 8.91. The van der Waals surface area contributed by atoms with Gasteiger partial charge in [-0.25, -0.2) is 0 Å². The maximum atomic E-state index is 12.3. The number of benzene rings is 1. The van der Waals surface area contributed by atoms with Gasteiger partial charge in [-0.2, -0.15) is 13.2 Å². The second kappa shape index (κ2) is 5.25. The van der Waals surface area contributed by atoms with E-state index in [1.807, 2.05) is 0 Å². The highest BCUT2D eigenvalue weighted by molar-refractivity contribution is 5.85. The van der Waals surface area contributed by atoms with E-state index < -0.39 is 11.7 Å². The van der Waals surface area contributed by atoms with Gasteiger partial charge in [0.15, 0.2) is 0 Å². The Morgan fingerprint density at radius 1 is 1.18 bits per heavy atom. The lowest BCUT2D eigenvalue weighted by molar-refractivity contribution is -0.137. The van der Waals surface area contributed by atoms with Crippen LogP contribution >= 0.6 is 12.4 Å². The first kappa shape index (κ1) is 14.3. The van der Waals surface area contributed by atoms with Crippen molar-refractivity contribution in [3.05, 3.63) is 35.4 Å². The molecule has 0 aliphatic carbocycles. The molecule has 1 atom stereocenters. The number of rotatable bonds is 2. The highest BCUT2D eigenvalue weighted by Gasteiger charge is 2.31. The third-order valence-electron chi connectivity index (χ3n) is 2.79. The molecule has 1 aromatic carbocycles. The predicted molar refractivity (Wildman–Crippen MR) is 59.9 cm³/mol. The molecule has 2 rings (SSSR count). The molecule has 0 radical (unpaired) electrons. The van der Waals surface area contributed by atoms with Crippen molar-refractivity contribution in [3.8, 4) is 0 Å². The lowest BCUT2D eigenvalue weighted by Crippen LogP contribution is -2.37. The quantitative estimate of drug-likeness (QED) is 0.894. The van der Waals surface area contributed by atoms with Crippen LogP contribution in [0.15, 0.2) is 24.3 Å². The summed E-state index contributed by atoms with van der Waals surface area (Å²) >= 11 is 0. The van der Waals surface area contributed by atoms with Gasteiger partial charge in [0, 0.05) is 12.0 Å². The molecule has 2 nitrogen and oxygen atoms in total. The summed E-state index contributed by atoms with van der Waals surface area (Å²) in [5.74, 6) is 0.219. The molecule has 1 fully saturated rings. The van der Waals surface area contributed by atoms with E-state index in [0.717, 1.165) is 17.7 Å². The van der Waals surface area contributed by atoms with Crippen LogP contribution in [0.2, 0.25) is 0 Å². The Morgan fingerprint density at radius 3 is 2.06 bits per heavy atom. The molecule has 6 heteroatoms. The molecule has 1 aliphatic heterocycles. The fourth-order valence-corrected chi connectivity index (χ4v) is 1.63. The summed E-state index contributed by atoms with van der Waals surface area (Å²) in [6.07, 6.45) is -4.29. The summed E-state index contributed by atoms with van der Waals surface area (Å²) in [5, 5.41) is 0. The molecule has 0 spiro atoms. The fraction of sp³-hybridized carbons (Fsp3) is 0.455. The molecule has 0 bridgehead atoms. The Labute approximate surface area is 103 Å². The van der Waals surface area contributed by atoms with Crippen LogP contribution in [0.4, 0.5) is 13.2 Å². The summed E-state index contributed by atoms with van der Waals surface area (Å²) < 4.78 is 41.9. The maximum Gasteiger partial charge on any atom is 0.416 e. The lowest BCUT2D eigenvalue weighted by atomic mass is 9.92. The van der Waals surface area contributed by atoms with E-state index in [-0.39, 0.29) is 24.4 Å². The summed E-state index contributed by atoms with van der Waals surface area (Å²) in [4.78, 5) is 0. The van der Waals surface area contributed by atoms with Gasteiger partial charge in [0.1, 0.15) is 0 Å². The third kappa shape index (κ3) is 3.12. The van der Waals surface area contributed by atoms with Gasteiger partial charge in [-0.15, -0.1) is 12.4 Å². The molecule has 0 aromatic heterocycles. The summed E-state index contributed by atoms with van der Waals surface area (Å²) in [6.45, 7) is 1.17. The molecule has 0 saturated carbocycles. The summed E-state index contributed by atoms with van der Waals surface area (Å²) in [6, 6.07) is 4.76. The first-order chi connectivity index (χ1) is 7.48. The van der Waals surface area contributed by atoms with Crippen molar-refractivity contribution < 1.29 is 17.9 Å². The van der Waals surface area contributed by atoms with Crippen LogP contribution in [0.25, 0.3) is 0 Å². The van der Waals surface area contributed by atoms with E-state index in [9.17, 15) is 13.2 Å². The molecule has 1 heterocycles. The Kier molecular flexibility index (Phi) is 4.41. The minimum atomic E-state index is -4.29. The Morgan fingerprint density at radius 2 is 1.71 bits per heavy atom. The standard InChI is InChI=1S/C11H12F3NO.ClH/c12-11(13,14)9-3-1-7(2-4-9)10(15)8-5-16-6-8;/h1-4,8,10H,5-6,15H2;1H/t10-;/m0./s1. The van der Waals surface area contributed by atoms with Crippen molar-refractivity contribution in [1.82, 2.24) is 0 Å². The van der Waals surface area contributed by atoms with Gasteiger partial charge in [-0.3, -0.25) is 0 Å². The van der Waals surface area contributed by atoms with Gasteiger partial charge in [-0.05, 0) is 17.7 Å².